The number of carbonyl (C=O) groups excluding carboxylic acids is 1. The second-order valence-corrected chi connectivity index (χ2v) is 11.2. The Morgan fingerprint density at radius 3 is 2.56 bits per heavy atom. The molecule has 5 nitrogen and oxygen atoms in total. The number of hydrogen-bond acceptors (Lipinski definition) is 5. The van der Waals surface area contributed by atoms with Crippen LogP contribution in [-0.4, -0.2) is 28.2 Å². The third-order valence-electron chi connectivity index (χ3n) is 5.63. The predicted molar refractivity (Wildman–Crippen MR) is 134 cm³/mol. The van der Waals surface area contributed by atoms with Crippen LogP contribution in [-0.2, 0) is 21.5 Å². The molecule has 1 aromatic carbocycles. The highest BCUT2D eigenvalue weighted by Crippen LogP contribution is 2.34. The summed E-state index contributed by atoms with van der Waals surface area (Å²) in [7, 11) is 1.60. The Kier molecular flexibility index (Phi) is 7.84. The van der Waals surface area contributed by atoms with E-state index in [0.717, 1.165) is 30.5 Å². The normalized spacial score (nSPS) is 16.6. The van der Waals surface area contributed by atoms with Crippen molar-refractivity contribution in [2.45, 2.75) is 77.4 Å². The summed E-state index contributed by atoms with van der Waals surface area (Å²) < 4.78 is 13.5. The van der Waals surface area contributed by atoms with Crippen molar-refractivity contribution in [1.29, 1.82) is 0 Å². The van der Waals surface area contributed by atoms with E-state index in [1.54, 1.807) is 36.6 Å². The first kappa shape index (κ1) is 24.9. The van der Waals surface area contributed by atoms with E-state index in [4.69, 9.17) is 38.3 Å². The third kappa shape index (κ3) is 6.00. The van der Waals surface area contributed by atoms with E-state index >= 15 is 0 Å². The van der Waals surface area contributed by atoms with Crippen molar-refractivity contribution < 1.29 is 14.3 Å². The van der Waals surface area contributed by atoms with Crippen LogP contribution >= 0.6 is 35.2 Å². The maximum Gasteiger partial charge on any atom is 0.303 e. The van der Waals surface area contributed by atoms with E-state index in [1.165, 1.54) is 18.2 Å². The maximum atomic E-state index is 11.9. The van der Waals surface area contributed by atoms with Gasteiger partial charge in [-0.15, -0.1) is 11.3 Å². The minimum absolute atomic E-state index is 0.0449. The molecule has 32 heavy (non-hydrogen) atoms. The van der Waals surface area contributed by atoms with Crippen molar-refractivity contribution in [3.63, 3.8) is 0 Å². The van der Waals surface area contributed by atoms with Gasteiger partial charge < -0.3 is 14.0 Å². The topological polar surface area (TPSA) is 52.8 Å². The Balaban J connectivity index is 2.08. The molecule has 1 heterocycles. The van der Waals surface area contributed by atoms with Gasteiger partial charge >= 0.3 is 5.97 Å². The van der Waals surface area contributed by atoms with Gasteiger partial charge in [0.2, 0.25) is 0 Å². The van der Waals surface area contributed by atoms with Crippen molar-refractivity contribution in [3.05, 3.63) is 44.7 Å². The molecule has 0 unspecified atom stereocenters. The lowest BCUT2D eigenvalue weighted by atomic mass is 9.84. The lowest BCUT2D eigenvalue weighted by Crippen LogP contribution is -2.42. The van der Waals surface area contributed by atoms with Crippen LogP contribution in [0.2, 0.25) is 5.02 Å². The number of thiocarbonyl (C=S) groups is 1. The fourth-order valence-corrected chi connectivity index (χ4v) is 5.56. The molecule has 8 heteroatoms. The van der Waals surface area contributed by atoms with Crippen molar-refractivity contribution in [3.8, 4) is 5.75 Å². The Labute approximate surface area is 204 Å². The number of halogens is 1. The summed E-state index contributed by atoms with van der Waals surface area (Å²) in [5, 5.41) is 0.573. The van der Waals surface area contributed by atoms with Crippen LogP contribution < -0.4 is 9.54 Å². The number of carbonyl (C=O) groups is 1. The minimum atomic E-state index is -0.509. The molecule has 0 atom stereocenters. The molecule has 1 aromatic heterocycles. The predicted octanol–water partition coefficient (Wildman–Crippen LogP) is 6.05. The lowest BCUT2D eigenvalue weighted by Gasteiger charge is -2.36. The number of nitrogens with zero attached hydrogens (tertiary/aromatic N) is 2. The minimum Gasteiger partial charge on any atom is -0.496 e. The number of aromatic nitrogens is 1. The summed E-state index contributed by atoms with van der Waals surface area (Å²) in [5.74, 6) is 0.391. The average Bonchev–Trinajstić information content (AvgIpc) is 3.10. The van der Waals surface area contributed by atoms with Gasteiger partial charge in [0.05, 0.1) is 19.2 Å². The lowest BCUT2D eigenvalue weighted by molar-refractivity contribution is -0.162. The van der Waals surface area contributed by atoms with Gasteiger partial charge in [-0.05, 0) is 49.3 Å². The van der Waals surface area contributed by atoms with Crippen molar-refractivity contribution in [1.82, 2.24) is 4.57 Å². The number of esters is 1. The van der Waals surface area contributed by atoms with Crippen LogP contribution in [0.25, 0.3) is 0 Å². The zero-order valence-electron chi connectivity index (χ0n) is 19.4. The molecule has 0 bridgehead atoms. The number of methoxy groups -OCH3 is 1. The van der Waals surface area contributed by atoms with Crippen LogP contribution in [0.1, 0.15) is 70.2 Å². The number of benzene rings is 1. The second-order valence-electron chi connectivity index (χ2n) is 9.35. The molecule has 0 N–H and O–H groups in total. The Morgan fingerprint density at radius 1 is 1.28 bits per heavy atom. The van der Waals surface area contributed by atoms with Gasteiger partial charge in [-0.2, -0.15) is 0 Å². The molecule has 1 saturated carbocycles. The molecule has 174 valence electrons. The Hall–Kier alpha value is -1.70. The Morgan fingerprint density at radius 2 is 1.97 bits per heavy atom. The molecule has 0 saturated heterocycles. The number of thiazole rings is 1. The number of rotatable bonds is 5. The number of hydrogen-bond donors (Lipinski definition) is 0. The van der Waals surface area contributed by atoms with Gasteiger partial charge in [0.1, 0.15) is 16.3 Å². The van der Waals surface area contributed by atoms with Crippen molar-refractivity contribution >= 4 is 46.1 Å². The SMILES string of the molecule is COc1ccc(Cl)cc1C(=S)/N=c1\sc(C(C)(C)C)cn1CC1(OC(C)=O)CCCCC1. The maximum absolute atomic E-state index is 11.9. The van der Waals surface area contributed by atoms with Gasteiger partial charge in [-0.3, -0.25) is 4.79 Å². The first-order valence-electron chi connectivity index (χ1n) is 10.9. The zero-order valence-corrected chi connectivity index (χ0v) is 21.8. The molecule has 3 rings (SSSR count). The van der Waals surface area contributed by atoms with Crippen molar-refractivity contribution in [2.75, 3.05) is 7.11 Å². The molecule has 0 radical (unpaired) electrons. The van der Waals surface area contributed by atoms with Gasteiger partial charge in [0.25, 0.3) is 0 Å². The molecule has 0 aliphatic heterocycles. The standard InChI is InChI=1S/C24H31ClN2O3S2/c1-16(28)30-24(11-7-6-8-12-24)15-27-14-20(23(2,3)4)32-22(27)26-21(31)18-13-17(25)9-10-19(18)29-5/h9-10,13-14H,6-8,11-12,15H2,1-5H3/b26-22-. The average molecular weight is 495 g/mol. The highest BCUT2D eigenvalue weighted by molar-refractivity contribution is 7.80. The fraction of sp³-hybridized carbons (Fsp3) is 0.542. The smallest absolute Gasteiger partial charge is 0.303 e. The zero-order chi connectivity index (χ0) is 23.5. The Bertz CT molecular complexity index is 1060. The molecule has 1 aliphatic carbocycles. The van der Waals surface area contributed by atoms with Crippen LogP contribution in [0.5, 0.6) is 5.75 Å². The second kappa shape index (κ2) is 10.1. The van der Waals surface area contributed by atoms with Gasteiger partial charge in [0, 0.05) is 23.0 Å². The monoisotopic (exact) mass is 494 g/mol. The number of ether oxygens (including phenoxy) is 2. The van der Waals surface area contributed by atoms with Gasteiger partial charge in [-0.1, -0.05) is 51.0 Å². The summed E-state index contributed by atoms with van der Waals surface area (Å²) in [4.78, 5) is 19.1. The van der Waals surface area contributed by atoms with E-state index in [1.807, 2.05) is 0 Å². The van der Waals surface area contributed by atoms with Gasteiger partial charge in [-0.25, -0.2) is 4.99 Å². The van der Waals surface area contributed by atoms with Crippen LogP contribution in [0.3, 0.4) is 0 Å². The largest absolute Gasteiger partial charge is 0.496 e. The molecule has 0 spiro atoms. The fourth-order valence-electron chi connectivity index (χ4n) is 4.03. The van der Waals surface area contributed by atoms with Crippen LogP contribution in [0.4, 0.5) is 0 Å². The van der Waals surface area contributed by atoms with Crippen LogP contribution in [0.15, 0.2) is 29.4 Å². The molecule has 2 aromatic rings. The highest BCUT2D eigenvalue weighted by atomic mass is 35.5. The molecule has 1 aliphatic rings. The van der Waals surface area contributed by atoms with E-state index < -0.39 is 5.60 Å². The quantitative estimate of drug-likeness (QED) is 0.375. The summed E-state index contributed by atoms with van der Waals surface area (Å²) >= 11 is 13.5. The van der Waals surface area contributed by atoms with Crippen molar-refractivity contribution in [2.24, 2.45) is 4.99 Å². The summed E-state index contributed by atoms with van der Waals surface area (Å²) in [6.07, 6.45) is 7.10. The summed E-state index contributed by atoms with van der Waals surface area (Å²) in [6, 6.07) is 5.33. The van der Waals surface area contributed by atoms with Crippen LogP contribution in [0, 0.1) is 0 Å². The third-order valence-corrected chi connectivity index (χ3v) is 7.62. The first-order chi connectivity index (χ1) is 15.0. The molecule has 0 amide bonds. The highest BCUT2D eigenvalue weighted by Gasteiger charge is 2.36. The summed E-state index contributed by atoms with van der Waals surface area (Å²) in [6.45, 7) is 8.57. The van der Waals surface area contributed by atoms with E-state index in [-0.39, 0.29) is 11.4 Å². The summed E-state index contributed by atoms with van der Waals surface area (Å²) in [5.41, 5.74) is 0.126. The molecule has 1 fully saturated rings. The first-order valence-corrected chi connectivity index (χ1v) is 12.5. The van der Waals surface area contributed by atoms with Gasteiger partial charge in [0.15, 0.2) is 4.80 Å². The van der Waals surface area contributed by atoms with E-state index in [0.29, 0.717) is 27.9 Å². The van der Waals surface area contributed by atoms with E-state index in [2.05, 4.69) is 31.5 Å². The van der Waals surface area contributed by atoms with E-state index in [9.17, 15) is 4.79 Å². The molecular formula is C24H31ClN2O3S2. The molecular weight excluding hydrogens is 464 g/mol.